The summed E-state index contributed by atoms with van der Waals surface area (Å²) < 4.78 is 0. The maximum Gasteiger partial charge on any atom is 0.0573 e. The summed E-state index contributed by atoms with van der Waals surface area (Å²) >= 11 is 5.88. The first-order chi connectivity index (χ1) is 6.84. The third-order valence-electron chi connectivity index (χ3n) is 2.32. The summed E-state index contributed by atoms with van der Waals surface area (Å²) in [6, 6.07) is 3.71. The molecule has 1 saturated heterocycles. The highest BCUT2D eigenvalue weighted by Crippen LogP contribution is 2.10. The number of nitrogens with zero attached hydrogens (tertiary/aromatic N) is 2. The van der Waals surface area contributed by atoms with Gasteiger partial charge in [-0.1, -0.05) is 11.6 Å². The fraction of sp³-hybridized carbons (Fsp3) is 0.500. The van der Waals surface area contributed by atoms with E-state index < -0.39 is 0 Å². The van der Waals surface area contributed by atoms with E-state index in [1.54, 1.807) is 12.3 Å². The lowest BCUT2D eigenvalue weighted by Crippen LogP contribution is -2.42. The molecule has 1 aromatic rings. The molecule has 0 unspecified atom stereocenters. The molecule has 0 bridgehead atoms. The first kappa shape index (κ1) is 9.90. The van der Waals surface area contributed by atoms with Crippen LogP contribution in [0.25, 0.3) is 0 Å². The van der Waals surface area contributed by atoms with E-state index in [-0.39, 0.29) is 0 Å². The summed E-state index contributed by atoms with van der Waals surface area (Å²) in [7, 11) is 0. The Labute approximate surface area is 89.1 Å². The lowest BCUT2D eigenvalue weighted by Gasteiger charge is -2.27. The van der Waals surface area contributed by atoms with Crippen LogP contribution in [-0.4, -0.2) is 23.1 Å². The number of hydrogen-bond donors (Lipinski definition) is 1. The van der Waals surface area contributed by atoms with Crippen molar-refractivity contribution in [2.24, 2.45) is 0 Å². The van der Waals surface area contributed by atoms with Crippen LogP contribution in [-0.2, 0) is 6.54 Å². The predicted molar refractivity (Wildman–Crippen MR) is 56.9 cm³/mol. The van der Waals surface area contributed by atoms with Crippen molar-refractivity contribution < 1.29 is 0 Å². The first-order valence-electron chi connectivity index (χ1n) is 4.93. The van der Waals surface area contributed by atoms with E-state index in [4.69, 9.17) is 11.6 Å². The summed E-state index contributed by atoms with van der Waals surface area (Å²) in [6.07, 6.45) is 4.27. The van der Waals surface area contributed by atoms with E-state index in [9.17, 15) is 0 Å². The molecule has 3 nitrogen and oxygen atoms in total. The van der Waals surface area contributed by atoms with Gasteiger partial charge in [-0.2, -0.15) is 0 Å². The Balaban J connectivity index is 1.95. The average molecular weight is 212 g/mol. The van der Waals surface area contributed by atoms with Crippen LogP contribution in [0, 0.1) is 0 Å². The Morgan fingerprint density at radius 1 is 1.50 bits per heavy atom. The molecule has 14 heavy (non-hydrogen) atoms. The molecule has 0 spiro atoms. The lowest BCUT2D eigenvalue weighted by molar-refractivity contribution is 0.142. The predicted octanol–water partition coefficient (Wildman–Crippen LogP) is 1.84. The highest BCUT2D eigenvalue weighted by Gasteiger charge is 2.10. The van der Waals surface area contributed by atoms with Gasteiger partial charge in [-0.3, -0.25) is 10.4 Å². The zero-order valence-corrected chi connectivity index (χ0v) is 8.80. The maximum absolute atomic E-state index is 5.88. The third-order valence-corrected chi connectivity index (χ3v) is 2.56. The third kappa shape index (κ3) is 2.67. The van der Waals surface area contributed by atoms with Crippen molar-refractivity contribution >= 4 is 11.6 Å². The van der Waals surface area contributed by atoms with Gasteiger partial charge in [0.2, 0.25) is 0 Å². The van der Waals surface area contributed by atoms with Crippen LogP contribution in [0.1, 0.15) is 18.5 Å². The molecule has 0 saturated carbocycles. The second kappa shape index (κ2) is 4.73. The number of halogens is 1. The number of rotatable bonds is 2. The van der Waals surface area contributed by atoms with Crippen LogP contribution in [0.5, 0.6) is 0 Å². The Bertz CT molecular complexity index is 297. The van der Waals surface area contributed by atoms with E-state index >= 15 is 0 Å². The smallest absolute Gasteiger partial charge is 0.0573 e. The van der Waals surface area contributed by atoms with Crippen LogP contribution in [0.15, 0.2) is 18.3 Å². The monoisotopic (exact) mass is 211 g/mol. The molecule has 2 rings (SSSR count). The average Bonchev–Trinajstić information content (AvgIpc) is 2.19. The summed E-state index contributed by atoms with van der Waals surface area (Å²) in [4.78, 5) is 4.27. The number of hydrogen-bond acceptors (Lipinski definition) is 3. The number of hydrazine groups is 1. The molecule has 1 aromatic heterocycles. The summed E-state index contributed by atoms with van der Waals surface area (Å²) in [5.41, 5.74) is 4.36. The van der Waals surface area contributed by atoms with Gasteiger partial charge >= 0.3 is 0 Å². The van der Waals surface area contributed by atoms with Gasteiger partial charge in [-0.25, -0.2) is 5.01 Å². The molecule has 4 heteroatoms. The van der Waals surface area contributed by atoms with E-state index in [0.29, 0.717) is 0 Å². The fourth-order valence-electron chi connectivity index (χ4n) is 1.61. The second-order valence-corrected chi connectivity index (χ2v) is 3.94. The van der Waals surface area contributed by atoms with Gasteiger partial charge in [0.1, 0.15) is 0 Å². The summed E-state index contributed by atoms with van der Waals surface area (Å²) in [5, 5.41) is 2.95. The van der Waals surface area contributed by atoms with Gasteiger partial charge in [-0.15, -0.1) is 0 Å². The van der Waals surface area contributed by atoms with Gasteiger partial charge < -0.3 is 0 Å². The molecule has 0 atom stereocenters. The molecular weight excluding hydrogens is 198 g/mol. The number of pyridine rings is 1. The molecule has 76 valence electrons. The standard InChI is InChI=1S/C10H14ClN3/c11-9-3-5-12-10(7-9)8-14-6-2-1-4-13-14/h3,5,7,13H,1-2,4,6,8H2. The molecule has 1 fully saturated rings. The van der Waals surface area contributed by atoms with Crippen molar-refractivity contribution in [3.05, 3.63) is 29.0 Å². The summed E-state index contributed by atoms with van der Waals surface area (Å²) in [6.45, 7) is 3.00. The number of nitrogens with one attached hydrogen (secondary N) is 1. The zero-order chi connectivity index (χ0) is 9.80. The Morgan fingerprint density at radius 2 is 2.43 bits per heavy atom. The van der Waals surface area contributed by atoms with Gasteiger partial charge in [0.15, 0.2) is 0 Å². The highest BCUT2D eigenvalue weighted by atomic mass is 35.5. The van der Waals surface area contributed by atoms with Crippen LogP contribution in [0.2, 0.25) is 5.02 Å². The highest BCUT2D eigenvalue weighted by molar-refractivity contribution is 6.30. The van der Waals surface area contributed by atoms with Crippen LogP contribution >= 0.6 is 11.6 Å². The van der Waals surface area contributed by atoms with E-state index in [2.05, 4.69) is 15.4 Å². The van der Waals surface area contributed by atoms with Gasteiger partial charge in [0, 0.05) is 24.3 Å². The Morgan fingerprint density at radius 3 is 3.14 bits per heavy atom. The molecule has 0 radical (unpaired) electrons. The molecule has 1 aliphatic rings. The largest absolute Gasteiger partial charge is 0.260 e. The van der Waals surface area contributed by atoms with Gasteiger partial charge in [-0.05, 0) is 25.0 Å². The van der Waals surface area contributed by atoms with Crippen molar-refractivity contribution in [2.75, 3.05) is 13.1 Å². The second-order valence-electron chi connectivity index (χ2n) is 3.50. The minimum atomic E-state index is 0.756. The molecule has 2 heterocycles. The van der Waals surface area contributed by atoms with Crippen molar-refractivity contribution in [2.45, 2.75) is 19.4 Å². The topological polar surface area (TPSA) is 28.2 Å². The zero-order valence-electron chi connectivity index (χ0n) is 8.04. The normalized spacial score (nSPS) is 18.4. The van der Waals surface area contributed by atoms with Gasteiger partial charge in [0.25, 0.3) is 0 Å². The fourth-order valence-corrected chi connectivity index (χ4v) is 1.79. The van der Waals surface area contributed by atoms with Crippen molar-refractivity contribution in [1.82, 2.24) is 15.4 Å². The minimum absolute atomic E-state index is 0.756. The minimum Gasteiger partial charge on any atom is -0.260 e. The van der Waals surface area contributed by atoms with Gasteiger partial charge in [0.05, 0.1) is 12.2 Å². The molecule has 0 amide bonds. The molecule has 0 aliphatic carbocycles. The molecular formula is C10H14ClN3. The first-order valence-corrected chi connectivity index (χ1v) is 5.31. The molecule has 1 N–H and O–H groups in total. The number of aromatic nitrogens is 1. The summed E-state index contributed by atoms with van der Waals surface area (Å²) in [5.74, 6) is 0. The quantitative estimate of drug-likeness (QED) is 0.809. The van der Waals surface area contributed by atoms with E-state index in [1.165, 1.54) is 12.8 Å². The van der Waals surface area contributed by atoms with Crippen molar-refractivity contribution in [1.29, 1.82) is 0 Å². The van der Waals surface area contributed by atoms with E-state index in [1.807, 2.05) is 6.07 Å². The van der Waals surface area contributed by atoms with Crippen molar-refractivity contribution in [3.8, 4) is 0 Å². The maximum atomic E-state index is 5.88. The van der Waals surface area contributed by atoms with Crippen LogP contribution in [0.4, 0.5) is 0 Å². The molecule has 1 aliphatic heterocycles. The van der Waals surface area contributed by atoms with Crippen LogP contribution in [0.3, 0.4) is 0 Å². The van der Waals surface area contributed by atoms with Crippen molar-refractivity contribution in [3.63, 3.8) is 0 Å². The SMILES string of the molecule is Clc1ccnc(CN2CCCCN2)c1. The molecule has 0 aromatic carbocycles. The van der Waals surface area contributed by atoms with E-state index in [0.717, 1.165) is 30.4 Å². The Hall–Kier alpha value is -0.640. The lowest BCUT2D eigenvalue weighted by atomic mass is 10.2. The van der Waals surface area contributed by atoms with Crippen LogP contribution < -0.4 is 5.43 Å². The Kier molecular flexibility index (Phi) is 3.35.